The van der Waals surface area contributed by atoms with E-state index < -0.39 is 5.91 Å². The number of amides is 1. The normalized spacial score (nSPS) is 10.8. The molecule has 0 saturated heterocycles. The summed E-state index contributed by atoms with van der Waals surface area (Å²) in [6.45, 7) is 0.524. The Morgan fingerprint density at radius 2 is 1.77 bits per heavy atom. The molecule has 0 fully saturated rings. The standard InChI is InChI=1S/C21H16Cl2FN5O2/c22-15-3-6-19(17(23)11-15)31-13-29-9-7-18(26-29)21(30)25-20-8-10-28(27-20)12-14-1-4-16(24)5-2-14/h1-11H,12-13H2,(H,25,27,30). The molecule has 2 aromatic heterocycles. The van der Waals surface area contributed by atoms with Crippen LogP contribution >= 0.6 is 23.2 Å². The van der Waals surface area contributed by atoms with E-state index >= 15 is 0 Å². The molecule has 0 atom stereocenters. The second-order valence-electron chi connectivity index (χ2n) is 6.57. The first-order valence-electron chi connectivity index (χ1n) is 9.17. The molecule has 0 saturated carbocycles. The Kier molecular flexibility index (Phi) is 6.20. The summed E-state index contributed by atoms with van der Waals surface area (Å²) in [5.41, 5.74) is 1.10. The minimum atomic E-state index is -0.407. The molecule has 0 spiro atoms. The second-order valence-corrected chi connectivity index (χ2v) is 7.41. The molecule has 0 aliphatic carbocycles. The zero-order valence-electron chi connectivity index (χ0n) is 16.0. The Bertz CT molecular complexity index is 1210. The second kappa shape index (κ2) is 9.20. The van der Waals surface area contributed by atoms with Crippen LogP contribution in [0.1, 0.15) is 16.1 Å². The number of benzene rings is 2. The fourth-order valence-electron chi connectivity index (χ4n) is 2.76. The van der Waals surface area contributed by atoms with Crippen molar-refractivity contribution in [3.8, 4) is 5.75 Å². The van der Waals surface area contributed by atoms with E-state index in [4.69, 9.17) is 27.9 Å². The van der Waals surface area contributed by atoms with Crippen LogP contribution in [0.3, 0.4) is 0 Å². The van der Waals surface area contributed by atoms with Crippen LogP contribution in [0.25, 0.3) is 0 Å². The van der Waals surface area contributed by atoms with Gasteiger partial charge in [0.15, 0.2) is 18.2 Å². The lowest BCUT2D eigenvalue weighted by Gasteiger charge is -2.08. The van der Waals surface area contributed by atoms with Gasteiger partial charge in [0.1, 0.15) is 11.6 Å². The molecule has 0 unspecified atom stereocenters. The minimum absolute atomic E-state index is 0.0704. The maximum Gasteiger partial charge on any atom is 0.277 e. The molecule has 0 aliphatic rings. The van der Waals surface area contributed by atoms with E-state index in [0.717, 1.165) is 5.56 Å². The zero-order valence-corrected chi connectivity index (χ0v) is 17.5. The molecule has 7 nitrogen and oxygen atoms in total. The number of carbonyl (C=O) groups is 1. The van der Waals surface area contributed by atoms with Gasteiger partial charge in [0.25, 0.3) is 5.91 Å². The lowest BCUT2D eigenvalue weighted by atomic mass is 10.2. The fourth-order valence-corrected chi connectivity index (χ4v) is 3.22. The van der Waals surface area contributed by atoms with Gasteiger partial charge in [-0.25, -0.2) is 9.07 Å². The van der Waals surface area contributed by atoms with Crippen LogP contribution in [0.4, 0.5) is 10.2 Å². The molecule has 0 radical (unpaired) electrons. The molecule has 0 aliphatic heterocycles. The smallest absolute Gasteiger partial charge is 0.277 e. The number of carbonyl (C=O) groups excluding carboxylic acids is 1. The topological polar surface area (TPSA) is 74.0 Å². The first-order chi connectivity index (χ1) is 15.0. The van der Waals surface area contributed by atoms with Gasteiger partial charge in [-0.1, -0.05) is 35.3 Å². The lowest BCUT2D eigenvalue weighted by Crippen LogP contribution is -2.15. The van der Waals surface area contributed by atoms with Crippen molar-refractivity contribution in [2.24, 2.45) is 0 Å². The zero-order chi connectivity index (χ0) is 21.8. The van der Waals surface area contributed by atoms with Crippen LogP contribution in [0, 0.1) is 5.82 Å². The molecule has 4 rings (SSSR count). The van der Waals surface area contributed by atoms with Crippen molar-refractivity contribution in [1.82, 2.24) is 19.6 Å². The Balaban J connectivity index is 1.33. The molecule has 2 aromatic carbocycles. The first kappa shape index (κ1) is 20.9. The van der Waals surface area contributed by atoms with Crippen LogP contribution in [0.5, 0.6) is 5.75 Å². The van der Waals surface area contributed by atoms with Crippen molar-refractivity contribution >= 4 is 34.9 Å². The summed E-state index contributed by atoms with van der Waals surface area (Å²) in [6.07, 6.45) is 3.34. The SMILES string of the molecule is O=C(Nc1ccn(Cc2ccc(F)cc2)n1)c1ccn(COc2ccc(Cl)cc2Cl)n1. The summed E-state index contributed by atoms with van der Waals surface area (Å²) in [5, 5.41) is 12.1. The van der Waals surface area contributed by atoms with Gasteiger partial charge in [0.05, 0.1) is 11.6 Å². The molecular weight excluding hydrogens is 444 g/mol. The van der Waals surface area contributed by atoms with Crippen LogP contribution in [-0.2, 0) is 13.3 Å². The molecule has 0 bridgehead atoms. The molecule has 158 valence electrons. The number of hydrogen-bond donors (Lipinski definition) is 1. The van der Waals surface area contributed by atoms with Crippen molar-refractivity contribution in [2.75, 3.05) is 5.32 Å². The molecule has 1 N–H and O–H groups in total. The molecular formula is C21H16Cl2FN5O2. The monoisotopic (exact) mass is 459 g/mol. The minimum Gasteiger partial charge on any atom is -0.470 e. The number of rotatable bonds is 7. The number of hydrogen-bond acceptors (Lipinski definition) is 4. The summed E-state index contributed by atoms with van der Waals surface area (Å²) < 4.78 is 21.7. The maximum atomic E-state index is 13.0. The number of ether oxygens (including phenoxy) is 1. The quantitative estimate of drug-likeness (QED) is 0.428. The van der Waals surface area contributed by atoms with E-state index in [2.05, 4.69) is 15.5 Å². The highest BCUT2D eigenvalue weighted by Crippen LogP contribution is 2.27. The summed E-state index contributed by atoms with van der Waals surface area (Å²) in [6, 6.07) is 14.3. The molecule has 31 heavy (non-hydrogen) atoms. The third kappa shape index (κ3) is 5.42. The van der Waals surface area contributed by atoms with E-state index in [1.807, 2.05) is 0 Å². The summed E-state index contributed by atoms with van der Waals surface area (Å²) >= 11 is 11.9. The van der Waals surface area contributed by atoms with Gasteiger partial charge >= 0.3 is 0 Å². The summed E-state index contributed by atoms with van der Waals surface area (Å²) in [4.78, 5) is 12.4. The van der Waals surface area contributed by atoms with E-state index in [9.17, 15) is 9.18 Å². The van der Waals surface area contributed by atoms with Gasteiger partial charge < -0.3 is 10.1 Å². The Hall–Kier alpha value is -3.36. The number of halogens is 3. The molecule has 1 amide bonds. The van der Waals surface area contributed by atoms with Crippen LogP contribution in [-0.4, -0.2) is 25.5 Å². The highest BCUT2D eigenvalue weighted by atomic mass is 35.5. The van der Waals surface area contributed by atoms with E-state index in [0.29, 0.717) is 28.2 Å². The lowest BCUT2D eigenvalue weighted by molar-refractivity contribution is 0.101. The van der Waals surface area contributed by atoms with Gasteiger partial charge in [-0.3, -0.25) is 9.48 Å². The van der Waals surface area contributed by atoms with Crippen LogP contribution < -0.4 is 10.1 Å². The predicted octanol–water partition coefficient (Wildman–Crippen LogP) is 4.86. The van der Waals surface area contributed by atoms with E-state index in [1.165, 1.54) is 16.8 Å². The van der Waals surface area contributed by atoms with Crippen molar-refractivity contribution in [1.29, 1.82) is 0 Å². The van der Waals surface area contributed by atoms with Crippen molar-refractivity contribution < 1.29 is 13.9 Å². The van der Waals surface area contributed by atoms with Crippen molar-refractivity contribution in [3.63, 3.8) is 0 Å². The molecule has 4 aromatic rings. The highest BCUT2D eigenvalue weighted by Gasteiger charge is 2.12. The summed E-state index contributed by atoms with van der Waals surface area (Å²) in [5.74, 6) is 0.138. The molecule has 10 heteroatoms. The molecule has 2 heterocycles. The van der Waals surface area contributed by atoms with Gasteiger partial charge in [-0.05, 0) is 42.0 Å². The largest absolute Gasteiger partial charge is 0.470 e. The summed E-state index contributed by atoms with van der Waals surface area (Å²) in [7, 11) is 0. The van der Waals surface area contributed by atoms with Crippen LogP contribution in [0.2, 0.25) is 10.0 Å². The number of aromatic nitrogens is 4. The first-order valence-corrected chi connectivity index (χ1v) is 9.92. The van der Waals surface area contributed by atoms with Crippen molar-refractivity contribution in [2.45, 2.75) is 13.3 Å². The van der Waals surface area contributed by atoms with E-state index in [-0.39, 0.29) is 18.2 Å². The average Bonchev–Trinajstić information content (AvgIpc) is 3.39. The average molecular weight is 460 g/mol. The Morgan fingerprint density at radius 1 is 1.00 bits per heavy atom. The number of anilines is 1. The van der Waals surface area contributed by atoms with Crippen LogP contribution in [0.15, 0.2) is 67.0 Å². The Labute approximate surface area is 187 Å². The van der Waals surface area contributed by atoms with Gasteiger partial charge in [-0.15, -0.1) is 0 Å². The van der Waals surface area contributed by atoms with Gasteiger partial charge in [0.2, 0.25) is 0 Å². The Morgan fingerprint density at radius 3 is 2.55 bits per heavy atom. The fraction of sp³-hybridized carbons (Fsp3) is 0.0952. The predicted molar refractivity (Wildman–Crippen MR) is 115 cm³/mol. The van der Waals surface area contributed by atoms with E-state index in [1.54, 1.807) is 59.5 Å². The maximum absolute atomic E-state index is 13.0. The third-order valence-corrected chi connectivity index (χ3v) is 4.79. The third-order valence-electron chi connectivity index (χ3n) is 4.26. The van der Waals surface area contributed by atoms with Crippen molar-refractivity contribution in [3.05, 3.63) is 94.1 Å². The number of nitrogens with one attached hydrogen (secondary N) is 1. The number of nitrogens with zero attached hydrogens (tertiary/aromatic N) is 4. The van der Waals surface area contributed by atoms with Gasteiger partial charge in [-0.2, -0.15) is 10.2 Å². The highest BCUT2D eigenvalue weighted by molar-refractivity contribution is 6.35. The van der Waals surface area contributed by atoms with Gasteiger partial charge in [0, 0.05) is 23.5 Å².